The highest BCUT2D eigenvalue weighted by molar-refractivity contribution is 5.47. The molecule has 5 nitrogen and oxygen atoms in total. The Hall–Kier alpha value is -1.67. The second-order valence-electron chi connectivity index (χ2n) is 4.24. The average Bonchev–Trinajstić information content (AvgIpc) is 2.39. The molecule has 1 atom stereocenters. The summed E-state index contributed by atoms with van der Waals surface area (Å²) in [4.78, 5) is 10.6. The highest BCUT2D eigenvalue weighted by atomic mass is 15.2. The van der Waals surface area contributed by atoms with E-state index < -0.39 is 0 Å². The Morgan fingerprint density at radius 1 is 1.53 bits per heavy atom. The number of anilines is 1. The summed E-state index contributed by atoms with van der Waals surface area (Å²) < 4.78 is 0. The van der Waals surface area contributed by atoms with Gasteiger partial charge < -0.3 is 10.2 Å². The average molecular weight is 231 g/mol. The summed E-state index contributed by atoms with van der Waals surface area (Å²) in [5, 5.41) is 12.3. The maximum atomic E-state index is 8.94. The fourth-order valence-corrected chi connectivity index (χ4v) is 2.18. The van der Waals surface area contributed by atoms with Crippen molar-refractivity contribution in [2.45, 2.75) is 25.8 Å². The van der Waals surface area contributed by atoms with Gasteiger partial charge in [-0.3, -0.25) is 0 Å². The van der Waals surface area contributed by atoms with E-state index in [0.29, 0.717) is 17.6 Å². The number of aromatic nitrogens is 2. The molecule has 2 rings (SSSR count). The molecule has 1 aromatic heterocycles. The normalized spacial score (nSPS) is 20.8. The van der Waals surface area contributed by atoms with Crippen molar-refractivity contribution in [1.82, 2.24) is 14.9 Å². The van der Waals surface area contributed by atoms with Crippen LogP contribution in [-0.2, 0) is 0 Å². The van der Waals surface area contributed by atoms with E-state index in [9.17, 15) is 0 Å². The van der Waals surface area contributed by atoms with Crippen molar-refractivity contribution in [3.05, 3.63) is 18.1 Å². The van der Waals surface area contributed by atoms with E-state index in [-0.39, 0.29) is 0 Å². The molecule has 1 aromatic rings. The summed E-state index contributed by atoms with van der Waals surface area (Å²) in [7, 11) is 0. The summed E-state index contributed by atoms with van der Waals surface area (Å²) >= 11 is 0. The highest BCUT2D eigenvalue weighted by Crippen LogP contribution is 2.15. The topological polar surface area (TPSA) is 64.8 Å². The van der Waals surface area contributed by atoms with Crippen LogP contribution in [-0.4, -0.2) is 40.5 Å². The molecule has 5 heteroatoms. The van der Waals surface area contributed by atoms with Gasteiger partial charge in [-0.05, 0) is 25.9 Å². The molecule has 2 heterocycles. The molecule has 0 bridgehead atoms. The van der Waals surface area contributed by atoms with Crippen LogP contribution in [0.1, 0.15) is 25.5 Å². The number of hydrogen-bond donors (Lipinski definition) is 1. The number of hydrogen-bond acceptors (Lipinski definition) is 5. The number of likely N-dealkylation sites (tertiary alicyclic amines) is 1. The number of nitriles is 1. The first-order valence-electron chi connectivity index (χ1n) is 6.03. The zero-order valence-electron chi connectivity index (χ0n) is 10.1. The Kier molecular flexibility index (Phi) is 3.89. The minimum Gasteiger partial charge on any atom is -0.364 e. The second-order valence-corrected chi connectivity index (χ2v) is 4.24. The minimum atomic E-state index is 0.368. The van der Waals surface area contributed by atoms with Crippen LogP contribution < -0.4 is 5.32 Å². The summed E-state index contributed by atoms with van der Waals surface area (Å²) in [6, 6.07) is 2.43. The van der Waals surface area contributed by atoms with E-state index >= 15 is 0 Å². The van der Waals surface area contributed by atoms with E-state index in [1.807, 2.05) is 0 Å². The van der Waals surface area contributed by atoms with Gasteiger partial charge in [0.2, 0.25) is 0 Å². The quantitative estimate of drug-likeness (QED) is 0.848. The van der Waals surface area contributed by atoms with Gasteiger partial charge in [-0.15, -0.1) is 0 Å². The summed E-state index contributed by atoms with van der Waals surface area (Å²) in [5.74, 6) is 0.609. The molecule has 1 aliphatic rings. The van der Waals surface area contributed by atoms with Gasteiger partial charge in [-0.1, -0.05) is 6.92 Å². The predicted molar refractivity (Wildman–Crippen MR) is 65.5 cm³/mol. The molecular formula is C12H17N5. The van der Waals surface area contributed by atoms with Crippen molar-refractivity contribution < 1.29 is 0 Å². The third-order valence-corrected chi connectivity index (χ3v) is 3.10. The third kappa shape index (κ3) is 2.92. The van der Waals surface area contributed by atoms with E-state index in [1.165, 1.54) is 13.0 Å². The summed E-state index contributed by atoms with van der Waals surface area (Å²) in [6.45, 7) is 5.42. The Morgan fingerprint density at radius 2 is 2.35 bits per heavy atom. The first kappa shape index (κ1) is 11.8. The number of rotatable bonds is 3. The molecule has 0 saturated carbocycles. The zero-order valence-corrected chi connectivity index (χ0v) is 10.1. The van der Waals surface area contributed by atoms with E-state index in [2.05, 4.69) is 33.2 Å². The molecule has 0 aliphatic carbocycles. The monoisotopic (exact) mass is 231 g/mol. The molecule has 17 heavy (non-hydrogen) atoms. The number of nitrogens with one attached hydrogen (secondary N) is 1. The van der Waals surface area contributed by atoms with Gasteiger partial charge in [0.1, 0.15) is 6.07 Å². The van der Waals surface area contributed by atoms with Crippen molar-refractivity contribution in [1.29, 1.82) is 5.26 Å². The fraction of sp³-hybridized carbons (Fsp3) is 0.583. The molecule has 0 amide bonds. The second kappa shape index (κ2) is 5.60. The number of likely N-dealkylation sites (N-methyl/N-ethyl adjacent to an activating group) is 1. The molecule has 90 valence electrons. The molecule has 1 aliphatic heterocycles. The lowest BCUT2D eigenvalue weighted by atomic mass is 10.1. The SMILES string of the molecule is CCN1CCCC(Nc2nccnc2C#N)C1. The lowest BCUT2D eigenvalue weighted by molar-refractivity contribution is 0.226. The lowest BCUT2D eigenvalue weighted by Crippen LogP contribution is -2.42. The van der Waals surface area contributed by atoms with Crippen LogP contribution in [0.25, 0.3) is 0 Å². The molecule has 0 radical (unpaired) electrons. The Bertz CT molecular complexity index is 412. The van der Waals surface area contributed by atoms with Crippen molar-refractivity contribution >= 4 is 5.82 Å². The van der Waals surface area contributed by atoms with Crippen LogP contribution in [0.3, 0.4) is 0 Å². The van der Waals surface area contributed by atoms with Crippen LogP contribution in [0.5, 0.6) is 0 Å². The molecule has 0 spiro atoms. The largest absolute Gasteiger partial charge is 0.364 e. The fourth-order valence-electron chi connectivity index (χ4n) is 2.18. The standard InChI is InChI=1S/C12H17N5/c1-2-17-7-3-4-10(9-17)16-12-11(8-13)14-5-6-15-12/h5-6,10H,2-4,7,9H2,1H3,(H,15,16). The molecule has 1 N–H and O–H groups in total. The minimum absolute atomic E-state index is 0.368. The predicted octanol–water partition coefficient (Wildman–Crippen LogP) is 1.24. The van der Waals surface area contributed by atoms with Crippen LogP contribution in [0, 0.1) is 11.3 Å². The van der Waals surface area contributed by atoms with Crippen molar-refractivity contribution in [3.63, 3.8) is 0 Å². The molecule has 0 aromatic carbocycles. The van der Waals surface area contributed by atoms with Gasteiger partial charge in [0.25, 0.3) is 0 Å². The summed E-state index contributed by atoms with van der Waals surface area (Å²) in [5.41, 5.74) is 0.376. The van der Waals surface area contributed by atoms with Crippen molar-refractivity contribution in [2.24, 2.45) is 0 Å². The Balaban J connectivity index is 2.03. The van der Waals surface area contributed by atoms with Gasteiger partial charge in [-0.2, -0.15) is 5.26 Å². The first-order valence-corrected chi connectivity index (χ1v) is 6.03. The first-order chi connectivity index (χ1) is 8.33. The van der Waals surface area contributed by atoms with Gasteiger partial charge in [-0.25, -0.2) is 9.97 Å². The maximum absolute atomic E-state index is 8.94. The number of piperidine rings is 1. The number of nitrogens with zero attached hydrogens (tertiary/aromatic N) is 4. The van der Waals surface area contributed by atoms with Gasteiger partial charge in [0.05, 0.1) is 0 Å². The lowest BCUT2D eigenvalue weighted by Gasteiger charge is -2.32. The maximum Gasteiger partial charge on any atom is 0.182 e. The molecule has 1 saturated heterocycles. The highest BCUT2D eigenvalue weighted by Gasteiger charge is 2.19. The van der Waals surface area contributed by atoms with Gasteiger partial charge >= 0.3 is 0 Å². The summed E-state index contributed by atoms with van der Waals surface area (Å²) in [6.07, 6.45) is 5.47. The molecular weight excluding hydrogens is 214 g/mol. The van der Waals surface area contributed by atoms with Crippen LogP contribution in [0.4, 0.5) is 5.82 Å². The van der Waals surface area contributed by atoms with Crippen LogP contribution in [0.15, 0.2) is 12.4 Å². The van der Waals surface area contributed by atoms with E-state index in [0.717, 1.165) is 19.5 Å². The smallest absolute Gasteiger partial charge is 0.182 e. The van der Waals surface area contributed by atoms with Gasteiger partial charge in [0.15, 0.2) is 11.5 Å². The van der Waals surface area contributed by atoms with E-state index in [4.69, 9.17) is 5.26 Å². The van der Waals surface area contributed by atoms with Crippen LogP contribution >= 0.6 is 0 Å². The zero-order chi connectivity index (χ0) is 12.1. The Labute approximate surface area is 101 Å². The third-order valence-electron chi connectivity index (χ3n) is 3.10. The Morgan fingerprint density at radius 3 is 3.12 bits per heavy atom. The van der Waals surface area contributed by atoms with Crippen LogP contribution in [0.2, 0.25) is 0 Å². The molecule has 1 fully saturated rings. The van der Waals surface area contributed by atoms with Crippen molar-refractivity contribution in [2.75, 3.05) is 25.0 Å². The molecule has 1 unspecified atom stereocenters. The van der Waals surface area contributed by atoms with E-state index in [1.54, 1.807) is 12.4 Å². The van der Waals surface area contributed by atoms with Crippen molar-refractivity contribution in [3.8, 4) is 6.07 Å². The van der Waals surface area contributed by atoms with Gasteiger partial charge in [0, 0.05) is 25.0 Å².